The Morgan fingerprint density at radius 2 is 2.12 bits per heavy atom. The van der Waals surface area contributed by atoms with Crippen LogP contribution >= 0.6 is 0 Å². The fourth-order valence-corrected chi connectivity index (χ4v) is 2.21. The van der Waals surface area contributed by atoms with Crippen LogP contribution in [0.5, 0.6) is 0 Å². The summed E-state index contributed by atoms with van der Waals surface area (Å²) in [6.07, 6.45) is 3.52. The van der Waals surface area contributed by atoms with E-state index in [9.17, 15) is 9.90 Å². The molecule has 0 aromatic carbocycles. The van der Waals surface area contributed by atoms with Crippen LogP contribution in [-0.2, 0) is 9.53 Å². The largest absolute Gasteiger partial charge is 0.388 e. The van der Waals surface area contributed by atoms with Gasteiger partial charge in [-0.3, -0.25) is 9.69 Å². The molecule has 1 saturated heterocycles. The molecule has 0 bridgehead atoms. The Morgan fingerprint density at radius 1 is 1.47 bits per heavy atom. The first kappa shape index (κ1) is 12.8. The molecule has 1 aliphatic heterocycles. The number of carbonyl (C=O) groups is 1. The van der Waals surface area contributed by atoms with E-state index in [0.29, 0.717) is 45.2 Å². The number of nitrogens with zero attached hydrogens (tertiary/aromatic N) is 1. The van der Waals surface area contributed by atoms with Crippen molar-refractivity contribution in [2.24, 2.45) is 0 Å². The molecule has 0 aromatic rings. The maximum absolute atomic E-state index is 11.6. The molecule has 5 heteroatoms. The van der Waals surface area contributed by atoms with Gasteiger partial charge in [-0.1, -0.05) is 0 Å². The Hall–Kier alpha value is -0.650. The van der Waals surface area contributed by atoms with Gasteiger partial charge in [0.25, 0.3) is 0 Å². The van der Waals surface area contributed by atoms with E-state index in [1.54, 1.807) is 0 Å². The molecular weight excluding hydrogens is 220 g/mol. The minimum absolute atomic E-state index is 0.0608. The van der Waals surface area contributed by atoms with Gasteiger partial charge in [-0.25, -0.2) is 0 Å². The standard InChI is InChI=1S/C12H22N2O3/c1-14(8-11(15)13-10-2-3-10)9-12(16)4-6-17-7-5-12/h10,16H,2-9H2,1H3,(H,13,15). The van der Waals surface area contributed by atoms with Gasteiger partial charge in [-0.05, 0) is 19.9 Å². The Labute approximate surface area is 102 Å². The van der Waals surface area contributed by atoms with Crippen molar-refractivity contribution in [1.29, 1.82) is 0 Å². The lowest BCUT2D eigenvalue weighted by atomic mass is 9.94. The van der Waals surface area contributed by atoms with E-state index in [2.05, 4.69) is 5.32 Å². The molecule has 17 heavy (non-hydrogen) atoms. The minimum atomic E-state index is -0.688. The van der Waals surface area contributed by atoms with E-state index in [1.165, 1.54) is 0 Å². The third-order valence-corrected chi connectivity index (χ3v) is 3.34. The molecule has 2 fully saturated rings. The van der Waals surface area contributed by atoms with Crippen LogP contribution in [0.1, 0.15) is 25.7 Å². The smallest absolute Gasteiger partial charge is 0.234 e. The molecule has 0 unspecified atom stereocenters. The lowest BCUT2D eigenvalue weighted by molar-refractivity contribution is -0.123. The second-order valence-corrected chi connectivity index (χ2v) is 5.35. The van der Waals surface area contributed by atoms with Crippen molar-refractivity contribution in [3.63, 3.8) is 0 Å². The van der Waals surface area contributed by atoms with E-state index < -0.39 is 5.60 Å². The molecule has 1 heterocycles. The van der Waals surface area contributed by atoms with Gasteiger partial charge in [0.2, 0.25) is 5.91 Å². The summed E-state index contributed by atoms with van der Waals surface area (Å²) in [4.78, 5) is 13.5. The summed E-state index contributed by atoms with van der Waals surface area (Å²) >= 11 is 0. The van der Waals surface area contributed by atoms with E-state index >= 15 is 0 Å². The normalized spacial score (nSPS) is 23.7. The molecule has 0 spiro atoms. The number of hydrogen-bond acceptors (Lipinski definition) is 4. The monoisotopic (exact) mass is 242 g/mol. The highest BCUT2D eigenvalue weighted by molar-refractivity contribution is 5.78. The first-order valence-electron chi connectivity index (χ1n) is 6.35. The molecule has 2 N–H and O–H groups in total. The average molecular weight is 242 g/mol. The molecule has 0 atom stereocenters. The third-order valence-electron chi connectivity index (χ3n) is 3.34. The van der Waals surface area contributed by atoms with Crippen LogP contribution in [0.15, 0.2) is 0 Å². The van der Waals surface area contributed by atoms with E-state index in [4.69, 9.17) is 4.74 Å². The van der Waals surface area contributed by atoms with Crippen LogP contribution in [0.2, 0.25) is 0 Å². The second-order valence-electron chi connectivity index (χ2n) is 5.35. The fraction of sp³-hybridized carbons (Fsp3) is 0.917. The summed E-state index contributed by atoms with van der Waals surface area (Å²) in [5.41, 5.74) is -0.688. The van der Waals surface area contributed by atoms with Crippen LogP contribution in [0, 0.1) is 0 Å². The van der Waals surface area contributed by atoms with Gasteiger partial charge in [0.05, 0.1) is 12.1 Å². The molecule has 1 amide bonds. The zero-order valence-corrected chi connectivity index (χ0v) is 10.4. The predicted molar refractivity (Wildman–Crippen MR) is 63.7 cm³/mol. The molecule has 1 aliphatic carbocycles. The highest BCUT2D eigenvalue weighted by Gasteiger charge is 2.31. The van der Waals surface area contributed by atoms with Gasteiger partial charge in [0.15, 0.2) is 0 Å². The lowest BCUT2D eigenvalue weighted by Crippen LogP contribution is -2.48. The molecular formula is C12H22N2O3. The van der Waals surface area contributed by atoms with Crippen LogP contribution in [0.25, 0.3) is 0 Å². The van der Waals surface area contributed by atoms with Crippen molar-refractivity contribution in [3.8, 4) is 0 Å². The summed E-state index contributed by atoms with van der Waals surface area (Å²) in [6.45, 7) is 2.12. The zero-order valence-electron chi connectivity index (χ0n) is 10.4. The molecule has 2 rings (SSSR count). The highest BCUT2D eigenvalue weighted by atomic mass is 16.5. The van der Waals surface area contributed by atoms with Crippen molar-refractivity contribution >= 4 is 5.91 Å². The van der Waals surface area contributed by atoms with E-state index in [1.807, 2.05) is 11.9 Å². The maximum Gasteiger partial charge on any atom is 0.234 e. The average Bonchev–Trinajstić information content (AvgIpc) is 3.01. The molecule has 1 saturated carbocycles. The van der Waals surface area contributed by atoms with Crippen LogP contribution < -0.4 is 5.32 Å². The number of carbonyl (C=O) groups excluding carboxylic acids is 1. The van der Waals surface area contributed by atoms with Crippen molar-refractivity contribution in [1.82, 2.24) is 10.2 Å². The van der Waals surface area contributed by atoms with Crippen molar-refractivity contribution in [2.75, 3.05) is 33.4 Å². The van der Waals surface area contributed by atoms with E-state index in [-0.39, 0.29) is 5.91 Å². The first-order valence-corrected chi connectivity index (χ1v) is 6.35. The highest BCUT2D eigenvalue weighted by Crippen LogP contribution is 2.21. The lowest BCUT2D eigenvalue weighted by Gasteiger charge is -2.35. The molecule has 5 nitrogen and oxygen atoms in total. The summed E-state index contributed by atoms with van der Waals surface area (Å²) in [5, 5.41) is 13.2. The van der Waals surface area contributed by atoms with Gasteiger partial charge in [0, 0.05) is 38.6 Å². The number of hydrogen-bond donors (Lipinski definition) is 2. The number of nitrogens with one attached hydrogen (secondary N) is 1. The number of rotatable bonds is 5. The SMILES string of the molecule is CN(CC(=O)NC1CC1)CC1(O)CCOCC1. The predicted octanol–water partition coefficient (Wildman–Crippen LogP) is -0.262. The first-order chi connectivity index (χ1) is 8.07. The fourth-order valence-electron chi connectivity index (χ4n) is 2.21. The quantitative estimate of drug-likeness (QED) is 0.697. The molecule has 98 valence electrons. The molecule has 0 radical (unpaired) electrons. The Bertz CT molecular complexity index is 273. The van der Waals surface area contributed by atoms with Crippen LogP contribution in [0.3, 0.4) is 0 Å². The van der Waals surface area contributed by atoms with Gasteiger partial charge < -0.3 is 15.2 Å². The number of ether oxygens (including phenoxy) is 1. The van der Waals surface area contributed by atoms with Gasteiger partial charge in [0.1, 0.15) is 0 Å². The van der Waals surface area contributed by atoms with Gasteiger partial charge in [-0.2, -0.15) is 0 Å². The summed E-state index contributed by atoms with van der Waals surface area (Å²) in [7, 11) is 1.87. The van der Waals surface area contributed by atoms with Crippen LogP contribution in [-0.4, -0.2) is 60.9 Å². The van der Waals surface area contributed by atoms with Crippen molar-refractivity contribution in [2.45, 2.75) is 37.3 Å². The second kappa shape index (κ2) is 5.33. The Kier molecular flexibility index (Phi) is 4.01. The van der Waals surface area contributed by atoms with Gasteiger partial charge in [-0.15, -0.1) is 0 Å². The topological polar surface area (TPSA) is 61.8 Å². The van der Waals surface area contributed by atoms with Crippen molar-refractivity contribution in [3.05, 3.63) is 0 Å². The maximum atomic E-state index is 11.6. The third kappa shape index (κ3) is 4.26. The Balaban J connectivity index is 1.71. The minimum Gasteiger partial charge on any atom is -0.388 e. The molecule has 0 aromatic heterocycles. The number of amides is 1. The van der Waals surface area contributed by atoms with Crippen LogP contribution in [0.4, 0.5) is 0 Å². The zero-order chi connectivity index (χ0) is 12.3. The van der Waals surface area contributed by atoms with E-state index in [0.717, 1.165) is 12.8 Å². The molecule has 2 aliphatic rings. The number of aliphatic hydroxyl groups is 1. The Morgan fingerprint density at radius 3 is 2.71 bits per heavy atom. The summed E-state index contributed by atoms with van der Waals surface area (Å²) in [6, 6.07) is 0.405. The summed E-state index contributed by atoms with van der Waals surface area (Å²) in [5.74, 6) is 0.0608. The van der Waals surface area contributed by atoms with Crippen molar-refractivity contribution < 1.29 is 14.6 Å². The van der Waals surface area contributed by atoms with Gasteiger partial charge >= 0.3 is 0 Å². The number of likely N-dealkylation sites (N-methyl/N-ethyl adjacent to an activating group) is 1. The summed E-state index contributed by atoms with van der Waals surface area (Å²) < 4.78 is 5.23.